The van der Waals surface area contributed by atoms with E-state index in [1.165, 1.54) is 11.8 Å². The molecule has 0 aliphatic rings. The molecule has 0 aliphatic carbocycles. The van der Waals surface area contributed by atoms with Gasteiger partial charge in [0.25, 0.3) is 0 Å². The molecule has 0 saturated carbocycles. The van der Waals surface area contributed by atoms with E-state index in [-0.39, 0.29) is 11.7 Å². The normalized spacial score (nSPS) is 10.7. The first-order valence-corrected chi connectivity index (χ1v) is 12.0. The number of nitrogens with one attached hydrogen (secondary N) is 1. The Hall–Kier alpha value is -3.29. The van der Waals surface area contributed by atoms with Crippen LogP contribution in [0, 0.1) is 0 Å². The number of para-hydroxylation sites is 2. The van der Waals surface area contributed by atoms with Gasteiger partial charge in [-0.15, -0.1) is 10.2 Å². The fourth-order valence-corrected chi connectivity index (χ4v) is 4.50. The van der Waals surface area contributed by atoms with Gasteiger partial charge in [-0.3, -0.25) is 9.69 Å². The molecule has 8 heteroatoms. The molecule has 1 heterocycles. The van der Waals surface area contributed by atoms with Gasteiger partial charge in [0, 0.05) is 28.6 Å². The number of hydrogen-bond donors (Lipinski definition) is 1. The van der Waals surface area contributed by atoms with Crippen LogP contribution in [0.25, 0.3) is 0 Å². The Kier molecular flexibility index (Phi) is 7.65. The molecular formula is C25H24ClN5OS. The smallest absolute Gasteiger partial charge is 0.242 e. The molecule has 0 unspecified atom stereocenters. The lowest BCUT2D eigenvalue weighted by Gasteiger charge is -2.23. The molecule has 1 aromatic heterocycles. The largest absolute Gasteiger partial charge is 0.378 e. The fraction of sp³-hybridized carbons (Fsp3) is 0.160. The van der Waals surface area contributed by atoms with Gasteiger partial charge < -0.3 is 9.88 Å². The van der Waals surface area contributed by atoms with Crippen molar-refractivity contribution in [3.63, 3.8) is 0 Å². The molecule has 4 aromatic rings. The van der Waals surface area contributed by atoms with Gasteiger partial charge in [-0.1, -0.05) is 65.8 Å². The van der Waals surface area contributed by atoms with E-state index in [0.717, 1.165) is 28.0 Å². The third-order valence-corrected chi connectivity index (χ3v) is 6.17. The molecule has 0 atom stereocenters. The van der Waals surface area contributed by atoms with Crippen LogP contribution in [0.2, 0.25) is 5.02 Å². The Bertz CT molecular complexity index is 1160. The van der Waals surface area contributed by atoms with Crippen LogP contribution < -0.4 is 10.2 Å². The van der Waals surface area contributed by atoms with Crippen LogP contribution in [0.1, 0.15) is 12.7 Å². The molecule has 0 fully saturated rings. The zero-order chi connectivity index (χ0) is 23.0. The van der Waals surface area contributed by atoms with Crippen LogP contribution in [0.3, 0.4) is 0 Å². The number of aromatic nitrogens is 3. The quantitative estimate of drug-likeness (QED) is 0.298. The highest BCUT2D eigenvalue weighted by Gasteiger charge is 2.20. The predicted octanol–water partition coefficient (Wildman–Crippen LogP) is 6.02. The summed E-state index contributed by atoms with van der Waals surface area (Å²) in [6.45, 7) is 3.26. The van der Waals surface area contributed by atoms with Crippen LogP contribution in [0.15, 0.2) is 90.1 Å². The number of anilines is 3. The molecular weight excluding hydrogens is 454 g/mol. The average molecular weight is 478 g/mol. The summed E-state index contributed by atoms with van der Waals surface area (Å²) >= 11 is 7.45. The molecule has 0 aliphatic heterocycles. The summed E-state index contributed by atoms with van der Waals surface area (Å²) in [5, 5.41) is 13.4. The van der Waals surface area contributed by atoms with Crippen molar-refractivity contribution in [3.8, 4) is 0 Å². The van der Waals surface area contributed by atoms with Crippen molar-refractivity contribution >= 4 is 46.3 Å². The van der Waals surface area contributed by atoms with Crippen molar-refractivity contribution in [2.24, 2.45) is 0 Å². The number of benzene rings is 3. The maximum Gasteiger partial charge on any atom is 0.242 e. The minimum absolute atomic E-state index is 0.0262. The van der Waals surface area contributed by atoms with Gasteiger partial charge in [-0.2, -0.15) is 0 Å². The average Bonchev–Trinajstić information content (AvgIpc) is 3.25. The second-order valence-corrected chi connectivity index (χ2v) is 8.57. The van der Waals surface area contributed by atoms with Gasteiger partial charge in [0.15, 0.2) is 11.0 Å². The monoisotopic (exact) mass is 477 g/mol. The zero-order valence-electron chi connectivity index (χ0n) is 18.2. The van der Waals surface area contributed by atoms with Gasteiger partial charge in [0.05, 0.1) is 12.3 Å². The van der Waals surface area contributed by atoms with E-state index in [2.05, 4.69) is 15.5 Å². The molecule has 4 rings (SSSR count). The number of halogens is 1. The lowest BCUT2D eigenvalue weighted by Crippen LogP contribution is -2.27. The minimum atomic E-state index is -0.0262. The third kappa shape index (κ3) is 5.74. The second-order valence-electron chi connectivity index (χ2n) is 7.20. The lowest BCUT2D eigenvalue weighted by atomic mass is 10.2. The van der Waals surface area contributed by atoms with Crippen molar-refractivity contribution < 1.29 is 4.79 Å². The van der Waals surface area contributed by atoms with Crippen LogP contribution >= 0.6 is 23.4 Å². The minimum Gasteiger partial charge on any atom is -0.378 e. The number of nitrogens with zero attached hydrogens (tertiary/aromatic N) is 4. The van der Waals surface area contributed by atoms with Crippen LogP contribution in [-0.2, 0) is 17.9 Å². The number of carbonyl (C=O) groups is 1. The highest BCUT2D eigenvalue weighted by molar-refractivity contribution is 7.99. The second kappa shape index (κ2) is 11.0. The summed E-state index contributed by atoms with van der Waals surface area (Å²) in [5.41, 5.74) is 2.58. The van der Waals surface area contributed by atoms with Crippen LogP contribution in [0.4, 0.5) is 17.1 Å². The highest BCUT2D eigenvalue weighted by Crippen LogP contribution is 2.27. The maximum absolute atomic E-state index is 13.3. The van der Waals surface area contributed by atoms with Gasteiger partial charge in [0.2, 0.25) is 5.91 Å². The van der Waals surface area contributed by atoms with E-state index in [1.807, 2.05) is 96.4 Å². The third-order valence-electron chi connectivity index (χ3n) is 4.99. The van der Waals surface area contributed by atoms with E-state index >= 15 is 0 Å². The number of amides is 1. The van der Waals surface area contributed by atoms with Gasteiger partial charge in [-0.25, -0.2) is 0 Å². The van der Waals surface area contributed by atoms with E-state index in [4.69, 9.17) is 11.6 Å². The number of thioether (sulfide) groups is 1. The standard InChI is InChI=1S/C25H24ClN5OS/c1-2-30-23(17-27-20-11-9-10-19(26)16-20)28-29-25(30)33-18-24(32)31(21-12-5-3-6-13-21)22-14-7-4-8-15-22/h3-16,27H,2,17-18H2,1H3. The Balaban J connectivity index is 1.47. The van der Waals surface area contributed by atoms with Crippen molar-refractivity contribution in [1.29, 1.82) is 0 Å². The Morgan fingerprint density at radius 1 is 0.970 bits per heavy atom. The summed E-state index contributed by atoms with van der Waals surface area (Å²) < 4.78 is 2.02. The number of hydrogen-bond acceptors (Lipinski definition) is 5. The molecule has 0 saturated heterocycles. The Morgan fingerprint density at radius 3 is 2.24 bits per heavy atom. The van der Waals surface area contributed by atoms with Crippen LogP contribution in [0.5, 0.6) is 0 Å². The number of rotatable bonds is 9. The molecule has 168 valence electrons. The lowest BCUT2D eigenvalue weighted by molar-refractivity contribution is -0.115. The van der Waals surface area contributed by atoms with Gasteiger partial charge >= 0.3 is 0 Å². The number of carbonyl (C=O) groups excluding carboxylic acids is 1. The highest BCUT2D eigenvalue weighted by atomic mass is 35.5. The first-order valence-electron chi connectivity index (χ1n) is 10.6. The van der Waals surface area contributed by atoms with Crippen molar-refractivity contribution in [2.45, 2.75) is 25.2 Å². The summed E-state index contributed by atoms with van der Waals surface area (Å²) in [7, 11) is 0. The van der Waals surface area contributed by atoms with E-state index < -0.39 is 0 Å². The van der Waals surface area contributed by atoms with Crippen molar-refractivity contribution in [2.75, 3.05) is 16.0 Å². The molecule has 0 bridgehead atoms. The Morgan fingerprint density at radius 2 is 1.64 bits per heavy atom. The van der Waals surface area contributed by atoms with E-state index in [9.17, 15) is 4.79 Å². The van der Waals surface area contributed by atoms with E-state index in [0.29, 0.717) is 18.1 Å². The fourth-order valence-electron chi connectivity index (χ4n) is 3.44. The maximum atomic E-state index is 13.3. The summed E-state index contributed by atoms with van der Waals surface area (Å²) in [6, 6.07) is 26.9. The molecule has 33 heavy (non-hydrogen) atoms. The molecule has 1 amide bonds. The molecule has 0 radical (unpaired) electrons. The molecule has 0 spiro atoms. The molecule has 6 nitrogen and oxygen atoms in total. The summed E-state index contributed by atoms with van der Waals surface area (Å²) in [6.07, 6.45) is 0. The summed E-state index contributed by atoms with van der Waals surface area (Å²) in [5.74, 6) is 1.01. The predicted molar refractivity (Wildman–Crippen MR) is 135 cm³/mol. The first kappa shape index (κ1) is 22.9. The van der Waals surface area contributed by atoms with E-state index in [1.54, 1.807) is 4.90 Å². The van der Waals surface area contributed by atoms with Crippen molar-refractivity contribution in [1.82, 2.24) is 14.8 Å². The first-order chi connectivity index (χ1) is 16.2. The topological polar surface area (TPSA) is 63.1 Å². The molecule has 3 aromatic carbocycles. The SMILES string of the molecule is CCn1c(CNc2cccc(Cl)c2)nnc1SCC(=O)N(c1ccccc1)c1ccccc1. The van der Waals surface area contributed by atoms with Crippen molar-refractivity contribution in [3.05, 3.63) is 95.8 Å². The van der Waals surface area contributed by atoms with Gasteiger partial charge in [0.1, 0.15) is 0 Å². The molecule has 1 N–H and O–H groups in total. The Labute approximate surface area is 202 Å². The van der Waals surface area contributed by atoms with Crippen LogP contribution in [-0.4, -0.2) is 26.4 Å². The zero-order valence-corrected chi connectivity index (χ0v) is 19.8. The summed E-state index contributed by atoms with van der Waals surface area (Å²) in [4.78, 5) is 15.0. The van der Waals surface area contributed by atoms with Gasteiger partial charge in [-0.05, 0) is 49.4 Å².